The van der Waals surface area contributed by atoms with Gasteiger partial charge in [-0.15, -0.1) is 24.9 Å². The zero-order valence-electron chi connectivity index (χ0n) is 20.2. The van der Waals surface area contributed by atoms with E-state index in [9.17, 15) is 26.4 Å². The molecule has 37 heavy (non-hydrogen) atoms. The van der Waals surface area contributed by atoms with Crippen LogP contribution in [0.2, 0.25) is 0 Å². The van der Waals surface area contributed by atoms with Crippen molar-refractivity contribution in [2.75, 3.05) is 25.6 Å². The molecule has 204 valence electrons. The van der Waals surface area contributed by atoms with E-state index >= 15 is 0 Å². The molecule has 1 aliphatic rings. The number of benzene rings is 2. The highest BCUT2D eigenvalue weighted by Gasteiger charge is 2.52. The molecular weight excluding hydrogens is 535 g/mol. The van der Waals surface area contributed by atoms with Gasteiger partial charge in [0, 0.05) is 29.3 Å². The Hall–Kier alpha value is -2.48. The van der Waals surface area contributed by atoms with Crippen molar-refractivity contribution in [2.24, 2.45) is 5.41 Å². The number of alkyl halides is 3. The van der Waals surface area contributed by atoms with Crippen molar-refractivity contribution < 1.29 is 45.8 Å². The Kier molecular flexibility index (Phi) is 9.04. The third kappa shape index (κ3) is 7.30. The van der Waals surface area contributed by atoms with Crippen molar-refractivity contribution in [3.05, 3.63) is 48.5 Å². The molecule has 0 unspecified atom stereocenters. The predicted octanol–water partition coefficient (Wildman–Crippen LogP) is 4.61. The maximum absolute atomic E-state index is 13.3. The summed E-state index contributed by atoms with van der Waals surface area (Å²) in [7, 11) is -4.13. The normalized spacial score (nSPS) is 16.2. The maximum atomic E-state index is 13.3. The molecule has 0 radical (unpaired) electrons. The van der Waals surface area contributed by atoms with Gasteiger partial charge in [-0.2, -0.15) is 0 Å². The molecule has 1 fully saturated rings. The lowest BCUT2D eigenvalue weighted by Gasteiger charge is -2.34. The van der Waals surface area contributed by atoms with E-state index < -0.39 is 26.9 Å². The zero-order valence-corrected chi connectivity index (χ0v) is 21.8. The molecule has 1 aliphatic heterocycles. The van der Waals surface area contributed by atoms with Crippen LogP contribution in [0.1, 0.15) is 26.7 Å². The van der Waals surface area contributed by atoms with Gasteiger partial charge in [0.15, 0.2) is 14.6 Å². The van der Waals surface area contributed by atoms with Crippen molar-refractivity contribution in [1.82, 2.24) is 5.48 Å². The maximum Gasteiger partial charge on any atom is 0.573 e. The number of hydrogen-bond acceptors (Lipinski definition) is 8. The van der Waals surface area contributed by atoms with Gasteiger partial charge in [0.25, 0.3) is 5.91 Å². The summed E-state index contributed by atoms with van der Waals surface area (Å²) in [6, 6.07) is 11.3. The standard InChI is InChI=1S/C24H28F3NO7S2/c1-22(2,16-36-19-7-3-18(4-8-19)35-24(25,26)27)15-34-17-5-9-20(10-6-17)37(31,32)23(21(29)28-30)11-13-33-14-12-23/h3-10,30H,11-16H2,1-2H3,(H,28,29). The third-order valence-electron chi connectivity index (χ3n) is 5.78. The number of carbonyl (C=O) groups is 1. The number of hydrogen-bond donors (Lipinski definition) is 2. The van der Waals surface area contributed by atoms with Gasteiger partial charge in [-0.3, -0.25) is 10.0 Å². The minimum absolute atomic E-state index is 0.0712. The second-order valence-electron chi connectivity index (χ2n) is 9.28. The first-order valence-corrected chi connectivity index (χ1v) is 13.7. The van der Waals surface area contributed by atoms with Crippen molar-refractivity contribution in [2.45, 2.75) is 47.6 Å². The largest absolute Gasteiger partial charge is 0.573 e. The van der Waals surface area contributed by atoms with Crippen LogP contribution in [0.25, 0.3) is 0 Å². The molecule has 0 aliphatic carbocycles. The molecule has 1 heterocycles. The van der Waals surface area contributed by atoms with E-state index in [2.05, 4.69) is 4.74 Å². The smallest absolute Gasteiger partial charge is 0.493 e. The van der Waals surface area contributed by atoms with E-state index in [1.807, 2.05) is 13.8 Å². The molecule has 2 N–H and O–H groups in total. The van der Waals surface area contributed by atoms with E-state index in [4.69, 9.17) is 14.7 Å². The van der Waals surface area contributed by atoms with E-state index in [0.717, 1.165) is 4.90 Å². The summed E-state index contributed by atoms with van der Waals surface area (Å²) in [6.45, 7) is 4.36. The van der Waals surface area contributed by atoms with Crippen LogP contribution in [-0.2, 0) is 19.4 Å². The molecule has 13 heteroatoms. The SMILES string of the molecule is CC(C)(COc1ccc(S(=O)(=O)C2(C(=O)NO)CCOCC2)cc1)CSc1ccc(OC(F)(F)F)cc1. The number of carbonyl (C=O) groups excluding carboxylic acids is 1. The minimum Gasteiger partial charge on any atom is -0.493 e. The van der Waals surface area contributed by atoms with E-state index in [1.54, 1.807) is 12.1 Å². The number of halogens is 3. The second kappa shape index (κ2) is 11.5. The van der Waals surface area contributed by atoms with Gasteiger partial charge in [-0.25, -0.2) is 13.9 Å². The van der Waals surface area contributed by atoms with Gasteiger partial charge in [0.05, 0.1) is 11.5 Å². The number of nitrogens with one attached hydrogen (secondary N) is 1. The van der Waals surface area contributed by atoms with Crippen LogP contribution in [0.5, 0.6) is 11.5 Å². The van der Waals surface area contributed by atoms with Gasteiger partial charge >= 0.3 is 6.36 Å². The highest BCUT2D eigenvalue weighted by atomic mass is 32.2. The average Bonchev–Trinajstić information content (AvgIpc) is 2.86. The molecule has 2 aromatic rings. The molecule has 1 amide bonds. The molecule has 0 bridgehead atoms. The van der Waals surface area contributed by atoms with Crippen LogP contribution in [0.15, 0.2) is 58.3 Å². The summed E-state index contributed by atoms with van der Waals surface area (Å²) in [4.78, 5) is 13.0. The fraction of sp³-hybridized carbons (Fsp3) is 0.458. The number of thioether (sulfide) groups is 1. The molecule has 0 aromatic heterocycles. The van der Waals surface area contributed by atoms with Gasteiger partial charge in [-0.1, -0.05) is 13.8 Å². The van der Waals surface area contributed by atoms with Crippen molar-refractivity contribution in [3.63, 3.8) is 0 Å². The molecule has 2 aromatic carbocycles. The first-order chi connectivity index (χ1) is 17.3. The number of amides is 1. The second-order valence-corrected chi connectivity index (χ2v) is 12.6. The third-order valence-corrected chi connectivity index (χ3v) is 9.83. The molecule has 3 rings (SSSR count). The zero-order chi connectivity index (χ0) is 27.3. The Bertz CT molecular complexity index is 1160. The Morgan fingerprint density at radius 2 is 1.62 bits per heavy atom. The lowest BCUT2D eigenvalue weighted by atomic mass is 9.98. The average molecular weight is 564 g/mol. The summed E-state index contributed by atoms with van der Waals surface area (Å²) in [6.07, 6.45) is -4.90. The Labute approximate surface area is 217 Å². The molecule has 0 spiro atoms. The van der Waals surface area contributed by atoms with E-state index in [1.165, 1.54) is 53.6 Å². The predicted molar refractivity (Wildman–Crippen MR) is 129 cm³/mol. The van der Waals surface area contributed by atoms with E-state index in [0.29, 0.717) is 11.5 Å². The molecule has 0 saturated carbocycles. The number of sulfone groups is 1. The van der Waals surface area contributed by atoms with Gasteiger partial charge in [-0.05, 0) is 61.4 Å². The first kappa shape index (κ1) is 29.1. The number of hydroxylamine groups is 1. The summed E-state index contributed by atoms with van der Waals surface area (Å²) in [5, 5.41) is 9.15. The monoisotopic (exact) mass is 563 g/mol. The molecule has 1 saturated heterocycles. The lowest BCUT2D eigenvalue weighted by molar-refractivity contribution is -0.274. The van der Waals surface area contributed by atoms with Crippen LogP contribution >= 0.6 is 11.8 Å². The van der Waals surface area contributed by atoms with Crippen molar-refractivity contribution in [1.29, 1.82) is 0 Å². The highest BCUT2D eigenvalue weighted by Crippen LogP contribution is 2.36. The fourth-order valence-electron chi connectivity index (χ4n) is 3.70. The quantitative estimate of drug-likeness (QED) is 0.245. The number of ether oxygens (including phenoxy) is 3. The highest BCUT2D eigenvalue weighted by molar-refractivity contribution is 7.99. The van der Waals surface area contributed by atoms with Crippen molar-refractivity contribution >= 4 is 27.5 Å². The molecular formula is C24H28F3NO7S2. The van der Waals surface area contributed by atoms with Gasteiger partial charge < -0.3 is 14.2 Å². The Morgan fingerprint density at radius 1 is 1.05 bits per heavy atom. The fourth-order valence-corrected chi connectivity index (χ4v) is 6.61. The van der Waals surface area contributed by atoms with Gasteiger partial charge in [0.2, 0.25) is 0 Å². The summed E-state index contributed by atoms with van der Waals surface area (Å²) in [5.41, 5.74) is 1.15. The lowest BCUT2D eigenvalue weighted by Crippen LogP contribution is -2.54. The Morgan fingerprint density at radius 3 is 2.16 bits per heavy atom. The number of rotatable bonds is 10. The van der Waals surface area contributed by atoms with Crippen molar-refractivity contribution in [3.8, 4) is 11.5 Å². The van der Waals surface area contributed by atoms with Crippen LogP contribution in [0.4, 0.5) is 13.2 Å². The van der Waals surface area contributed by atoms with Gasteiger partial charge in [0.1, 0.15) is 11.5 Å². The van der Waals surface area contributed by atoms with Crippen LogP contribution in [0.3, 0.4) is 0 Å². The molecule has 8 nitrogen and oxygen atoms in total. The Balaban J connectivity index is 1.59. The topological polar surface area (TPSA) is 111 Å². The summed E-state index contributed by atoms with van der Waals surface area (Å²) in [5.74, 6) is -0.249. The van der Waals surface area contributed by atoms with Crippen LogP contribution < -0.4 is 15.0 Å². The first-order valence-electron chi connectivity index (χ1n) is 11.3. The summed E-state index contributed by atoms with van der Waals surface area (Å²) < 4.78 is 76.6. The summed E-state index contributed by atoms with van der Waals surface area (Å²) >= 11 is 1.45. The minimum atomic E-state index is -4.74. The molecule has 0 atom stereocenters. The van der Waals surface area contributed by atoms with E-state index in [-0.39, 0.29) is 48.7 Å². The van der Waals surface area contributed by atoms with Crippen LogP contribution in [-0.4, -0.2) is 56.2 Å². The van der Waals surface area contributed by atoms with Crippen LogP contribution in [0, 0.1) is 5.41 Å².